The van der Waals surface area contributed by atoms with E-state index < -0.39 is 10.0 Å². The Morgan fingerprint density at radius 2 is 2.00 bits per heavy atom. The van der Waals surface area contributed by atoms with Crippen LogP contribution >= 0.6 is 27.5 Å². The fourth-order valence-corrected chi connectivity index (χ4v) is 5.98. The van der Waals surface area contributed by atoms with E-state index in [2.05, 4.69) is 32.8 Å². The molecular formula is C21H20BrClFN3O2S. The Morgan fingerprint density at radius 3 is 2.73 bits per heavy atom. The first-order valence-electron chi connectivity index (χ1n) is 9.56. The Kier molecular flexibility index (Phi) is 6.03. The number of H-pyrrole nitrogens is 1. The van der Waals surface area contributed by atoms with E-state index in [4.69, 9.17) is 11.6 Å². The van der Waals surface area contributed by atoms with Gasteiger partial charge in [-0.1, -0.05) is 24.6 Å². The molecule has 1 aromatic heterocycles. The topological polar surface area (TPSA) is 66.1 Å². The molecule has 1 fully saturated rings. The van der Waals surface area contributed by atoms with Crippen molar-refractivity contribution in [3.8, 4) is 22.6 Å². The maximum atomic E-state index is 13.9. The summed E-state index contributed by atoms with van der Waals surface area (Å²) in [6.07, 6.45) is 3.45. The molecule has 2 aromatic carbocycles. The van der Waals surface area contributed by atoms with Gasteiger partial charge < -0.3 is 4.98 Å². The van der Waals surface area contributed by atoms with Crippen molar-refractivity contribution in [1.29, 1.82) is 0 Å². The van der Waals surface area contributed by atoms with Gasteiger partial charge in [-0.25, -0.2) is 17.8 Å². The second-order valence-electron chi connectivity index (χ2n) is 7.53. The monoisotopic (exact) mass is 511 g/mol. The number of aromatic amines is 1. The first-order chi connectivity index (χ1) is 14.3. The summed E-state index contributed by atoms with van der Waals surface area (Å²) in [5, 5.41) is 0.179. The Morgan fingerprint density at radius 1 is 1.23 bits per heavy atom. The normalized spacial score (nSPS) is 17.9. The highest BCUT2D eigenvalue weighted by molar-refractivity contribution is 9.10. The lowest BCUT2D eigenvalue weighted by Gasteiger charge is -2.30. The number of halogens is 3. The van der Waals surface area contributed by atoms with Crippen molar-refractivity contribution in [3.05, 3.63) is 57.9 Å². The highest BCUT2D eigenvalue weighted by Gasteiger charge is 2.30. The molecule has 0 saturated carbocycles. The zero-order valence-corrected chi connectivity index (χ0v) is 19.4. The number of imidazole rings is 1. The fraction of sp³-hybridized carbons (Fsp3) is 0.286. The van der Waals surface area contributed by atoms with E-state index in [0.717, 1.165) is 12.8 Å². The number of nitrogens with one attached hydrogen (secondary N) is 1. The quantitative estimate of drug-likeness (QED) is 0.486. The Labute approximate surface area is 188 Å². The van der Waals surface area contributed by atoms with Gasteiger partial charge in [0.25, 0.3) is 0 Å². The average Bonchev–Trinajstić information content (AvgIpc) is 3.20. The van der Waals surface area contributed by atoms with Crippen molar-refractivity contribution >= 4 is 37.6 Å². The van der Waals surface area contributed by atoms with Crippen LogP contribution in [0.2, 0.25) is 5.02 Å². The minimum Gasteiger partial charge on any atom is -0.338 e. The van der Waals surface area contributed by atoms with Crippen molar-refractivity contribution in [2.45, 2.75) is 24.7 Å². The van der Waals surface area contributed by atoms with Gasteiger partial charge in [0.1, 0.15) is 16.5 Å². The number of rotatable bonds is 4. The van der Waals surface area contributed by atoms with Crippen molar-refractivity contribution in [3.63, 3.8) is 0 Å². The summed E-state index contributed by atoms with van der Waals surface area (Å²) in [7, 11) is -3.71. The van der Waals surface area contributed by atoms with Crippen molar-refractivity contribution in [2.75, 3.05) is 13.1 Å². The van der Waals surface area contributed by atoms with Gasteiger partial charge in [-0.05, 0) is 65.0 Å². The first kappa shape index (κ1) is 21.5. The number of hydrogen-bond donors (Lipinski definition) is 1. The Bertz CT molecular complexity index is 1200. The van der Waals surface area contributed by atoms with Crippen LogP contribution in [-0.4, -0.2) is 35.8 Å². The maximum Gasteiger partial charge on any atom is 0.244 e. The molecule has 1 atom stereocenters. The third-order valence-electron chi connectivity index (χ3n) is 5.25. The number of piperidine rings is 1. The molecule has 1 N–H and O–H groups in total. The molecule has 1 saturated heterocycles. The number of aromatic nitrogens is 2. The summed E-state index contributed by atoms with van der Waals surface area (Å²) >= 11 is 9.41. The van der Waals surface area contributed by atoms with Crippen molar-refractivity contribution in [1.82, 2.24) is 14.3 Å². The molecule has 4 rings (SSSR count). The van der Waals surface area contributed by atoms with Crippen LogP contribution in [0.3, 0.4) is 0 Å². The van der Waals surface area contributed by atoms with Crippen molar-refractivity contribution in [2.24, 2.45) is 5.92 Å². The smallest absolute Gasteiger partial charge is 0.244 e. The maximum absolute atomic E-state index is 13.9. The van der Waals surface area contributed by atoms with E-state index in [1.54, 1.807) is 36.5 Å². The molecule has 2 heterocycles. The molecule has 3 aromatic rings. The zero-order chi connectivity index (χ0) is 21.5. The highest BCUT2D eigenvalue weighted by atomic mass is 79.9. The molecule has 158 valence electrons. The van der Waals surface area contributed by atoms with E-state index in [9.17, 15) is 12.8 Å². The van der Waals surface area contributed by atoms with E-state index >= 15 is 0 Å². The summed E-state index contributed by atoms with van der Waals surface area (Å²) in [5.41, 5.74) is 1.85. The molecule has 0 unspecified atom stereocenters. The van der Waals surface area contributed by atoms with Crippen LogP contribution < -0.4 is 0 Å². The van der Waals surface area contributed by atoms with Gasteiger partial charge in [0.05, 0.1) is 21.4 Å². The second-order valence-corrected chi connectivity index (χ2v) is 10.7. The van der Waals surface area contributed by atoms with Gasteiger partial charge in [-0.2, -0.15) is 4.31 Å². The third-order valence-corrected chi connectivity index (χ3v) is 8.24. The standard InChI is InChI=1S/C21H20BrClFN3O2S/c1-13-3-2-8-27(12-13)30(28,29)20-10-15(5-7-17(20)23)21-25-11-19(26-21)14-4-6-16(22)18(24)9-14/h4-7,9-11,13H,2-3,8,12H2,1H3,(H,25,26)/t13-/m0/s1. The lowest BCUT2D eigenvalue weighted by molar-refractivity contribution is 0.281. The lowest BCUT2D eigenvalue weighted by Crippen LogP contribution is -2.39. The average molecular weight is 513 g/mol. The highest BCUT2D eigenvalue weighted by Crippen LogP contribution is 2.32. The molecule has 0 aliphatic carbocycles. The van der Waals surface area contributed by atoms with Gasteiger partial charge in [0.15, 0.2) is 0 Å². The number of benzene rings is 2. The van der Waals surface area contributed by atoms with Crippen LogP contribution in [0, 0.1) is 11.7 Å². The molecule has 5 nitrogen and oxygen atoms in total. The molecule has 0 amide bonds. The van der Waals surface area contributed by atoms with Gasteiger partial charge in [0, 0.05) is 24.2 Å². The van der Waals surface area contributed by atoms with Crippen LogP contribution in [0.5, 0.6) is 0 Å². The summed E-state index contributed by atoms with van der Waals surface area (Å²) < 4.78 is 42.1. The van der Waals surface area contributed by atoms with E-state index in [1.165, 1.54) is 10.4 Å². The SMILES string of the molecule is C[C@H]1CCCN(S(=O)(=O)c2cc(-c3ncc(-c4ccc(Br)c(F)c4)[nH]3)ccc2Cl)C1. The lowest BCUT2D eigenvalue weighted by atomic mass is 10.0. The molecule has 1 aliphatic rings. The van der Waals surface area contributed by atoms with Crippen LogP contribution in [-0.2, 0) is 10.0 Å². The molecule has 30 heavy (non-hydrogen) atoms. The van der Waals surface area contributed by atoms with Gasteiger partial charge in [-0.3, -0.25) is 0 Å². The molecule has 1 aliphatic heterocycles. The van der Waals surface area contributed by atoms with E-state index in [-0.39, 0.29) is 15.7 Å². The minimum atomic E-state index is -3.71. The number of hydrogen-bond acceptors (Lipinski definition) is 3. The van der Waals surface area contributed by atoms with Gasteiger partial charge in [0.2, 0.25) is 10.0 Å². The van der Waals surface area contributed by atoms with Gasteiger partial charge >= 0.3 is 0 Å². The Hall–Kier alpha value is -1.74. The van der Waals surface area contributed by atoms with E-state index in [1.807, 2.05) is 0 Å². The first-order valence-corrected chi connectivity index (χ1v) is 12.2. The van der Waals surface area contributed by atoms with Crippen LogP contribution in [0.1, 0.15) is 19.8 Å². The molecule has 0 bridgehead atoms. The predicted octanol–water partition coefficient (Wildman–Crippen LogP) is 5.72. The summed E-state index contributed by atoms with van der Waals surface area (Å²) in [6.45, 7) is 3.03. The van der Waals surface area contributed by atoms with Crippen molar-refractivity contribution < 1.29 is 12.8 Å². The molecule has 9 heteroatoms. The largest absolute Gasteiger partial charge is 0.338 e. The van der Waals surface area contributed by atoms with E-state index in [0.29, 0.717) is 46.1 Å². The number of sulfonamides is 1. The zero-order valence-electron chi connectivity index (χ0n) is 16.2. The van der Waals surface area contributed by atoms with Gasteiger partial charge in [-0.15, -0.1) is 0 Å². The summed E-state index contributed by atoms with van der Waals surface area (Å²) in [5.74, 6) is 0.419. The minimum absolute atomic E-state index is 0.0726. The predicted molar refractivity (Wildman–Crippen MR) is 119 cm³/mol. The van der Waals surface area contributed by atoms with Crippen LogP contribution in [0.25, 0.3) is 22.6 Å². The molecule has 0 spiro atoms. The second kappa shape index (κ2) is 8.42. The summed E-state index contributed by atoms with van der Waals surface area (Å²) in [4.78, 5) is 7.56. The summed E-state index contributed by atoms with van der Waals surface area (Å²) in [6, 6.07) is 9.61. The Balaban J connectivity index is 1.68. The molecular weight excluding hydrogens is 493 g/mol. The molecule has 0 radical (unpaired) electrons. The fourth-order valence-electron chi connectivity index (χ4n) is 3.63. The van der Waals surface area contributed by atoms with Crippen LogP contribution in [0.15, 0.2) is 52.0 Å². The third kappa shape index (κ3) is 4.19. The van der Waals surface area contributed by atoms with Crippen LogP contribution in [0.4, 0.5) is 4.39 Å². The number of nitrogens with zero attached hydrogens (tertiary/aromatic N) is 2.